The second-order valence-electron chi connectivity index (χ2n) is 7.91. The molecule has 32 heavy (non-hydrogen) atoms. The fraction of sp³-hybridized carbons (Fsp3) is 0.455. The summed E-state index contributed by atoms with van der Waals surface area (Å²) in [6.45, 7) is -1.50. The van der Waals surface area contributed by atoms with Crippen molar-refractivity contribution in [2.24, 2.45) is 11.8 Å². The molecule has 2 fully saturated rings. The van der Waals surface area contributed by atoms with E-state index in [1.165, 1.54) is 18.5 Å². The minimum atomic E-state index is -2.99. The lowest BCUT2D eigenvalue weighted by Gasteiger charge is -2.28. The molecule has 10 heteroatoms. The van der Waals surface area contributed by atoms with Gasteiger partial charge in [0.25, 0.3) is 0 Å². The van der Waals surface area contributed by atoms with Gasteiger partial charge in [-0.15, -0.1) is 0 Å². The molecule has 1 saturated heterocycles. The van der Waals surface area contributed by atoms with Gasteiger partial charge in [0.1, 0.15) is 6.10 Å². The number of ether oxygens (including phenoxy) is 3. The van der Waals surface area contributed by atoms with Gasteiger partial charge in [0.15, 0.2) is 11.5 Å². The predicted octanol–water partition coefficient (Wildman–Crippen LogP) is 4.83. The van der Waals surface area contributed by atoms with Gasteiger partial charge in [0.2, 0.25) is 0 Å². The summed E-state index contributed by atoms with van der Waals surface area (Å²) in [6.07, 6.45) is 4.43. The normalized spacial score (nSPS) is 17.0. The van der Waals surface area contributed by atoms with Crippen molar-refractivity contribution in [3.63, 3.8) is 0 Å². The third kappa shape index (κ3) is 5.79. The molecule has 0 spiro atoms. The highest BCUT2D eigenvalue weighted by Gasteiger charge is 2.31. The highest BCUT2D eigenvalue weighted by molar-refractivity contribution is 6.35. The van der Waals surface area contributed by atoms with Crippen LogP contribution in [0.3, 0.4) is 0 Å². The Balaban J connectivity index is 1.63. The van der Waals surface area contributed by atoms with Crippen LogP contribution in [0.4, 0.5) is 8.78 Å². The fourth-order valence-electron chi connectivity index (χ4n) is 3.26. The van der Waals surface area contributed by atoms with Crippen LogP contribution in [0, 0.1) is 11.8 Å². The number of carbonyl (C=O) groups is 1. The van der Waals surface area contributed by atoms with Crippen molar-refractivity contribution in [2.45, 2.75) is 32.0 Å². The van der Waals surface area contributed by atoms with E-state index in [2.05, 4.69) is 15.0 Å². The van der Waals surface area contributed by atoms with Gasteiger partial charge in [-0.05, 0) is 42.0 Å². The van der Waals surface area contributed by atoms with Gasteiger partial charge >= 0.3 is 12.6 Å². The van der Waals surface area contributed by atoms with Gasteiger partial charge in [-0.3, -0.25) is 9.78 Å². The summed E-state index contributed by atoms with van der Waals surface area (Å²) in [7, 11) is 0. The number of hydrogen-bond acceptors (Lipinski definition) is 6. The summed E-state index contributed by atoms with van der Waals surface area (Å²) in [5.41, 5.74) is 1.13. The summed E-state index contributed by atoms with van der Waals surface area (Å²) in [5, 5.41) is 3.71. The van der Waals surface area contributed by atoms with Crippen molar-refractivity contribution in [3.05, 3.63) is 51.8 Å². The molecule has 172 valence electrons. The van der Waals surface area contributed by atoms with E-state index in [0.29, 0.717) is 46.8 Å². The van der Waals surface area contributed by atoms with Gasteiger partial charge in [-0.1, -0.05) is 29.3 Å². The number of halogens is 4. The van der Waals surface area contributed by atoms with Crippen molar-refractivity contribution < 1.29 is 27.8 Å². The molecule has 1 N–H and O–H groups in total. The van der Waals surface area contributed by atoms with Crippen molar-refractivity contribution in [2.75, 3.05) is 19.7 Å². The van der Waals surface area contributed by atoms with Gasteiger partial charge < -0.3 is 19.5 Å². The highest BCUT2D eigenvalue weighted by atomic mass is 35.5. The summed E-state index contributed by atoms with van der Waals surface area (Å²) in [5.74, 6) is -0.0887. The van der Waals surface area contributed by atoms with Gasteiger partial charge in [-0.2, -0.15) is 8.78 Å². The first-order valence-electron chi connectivity index (χ1n) is 10.3. The summed E-state index contributed by atoms with van der Waals surface area (Å²) in [4.78, 5) is 16.5. The summed E-state index contributed by atoms with van der Waals surface area (Å²) >= 11 is 12.6. The number of carbonyl (C=O) groups excluding carboxylic acids is 1. The van der Waals surface area contributed by atoms with E-state index < -0.39 is 12.7 Å². The summed E-state index contributed by atoms with van der Waals surface area (Å²) < 4.78 is 41.9. The molecule has 4 rings (SSSR count). The quantitative estimate of drug-likeness (QED) is 0.485. The van der Waals surface area contributed by atoms with Crippen molar-refractivity contribution in [1.29, 1.82) is 0 Å². The van der Waals surface area contributed by atoms with Crippen LogP contribution < -0.4 is 14.8 Å². The maximum absolute atomic E-state index is 12.9. The molecule has 1 saturated carbocycles. The van der Waals surface area contributed by atoms with Gasteiger partial charge in [0.05, 0.1) is 22.6 Å². The van der Waals surface area contributed by atoms with Crippen LogP contribution >= 0.6 is 23.2 Å². The Morgan fingerprint density at radius 2 is 1.88 bits per heavy atom. The number of rotatable bonds is 10. The zero-order valence-electron chi connectivity index (χ0n) is 17.0. The molecular formula is C22H22Cl2F2N2O4. The van der Waals surface area contributed by atoms with Crippen molar-refractivity contribution >= 4 is 29.2 Å². The number of benzene rings is 1. The standard InChI is InChI=1S/C22H22Cl2F2N2O4/c23-16-9-28-10-17(24)15(16)6-19(31-21(29)14-7-27-8-14)13-3-4-18(32-22(25)26)20(5-13)30-11-12-1-2-12/h3-5,9-10,12,14,19,22,27H,1-2,6-8,11H2/t19-/m0/s1. The molecule has 0 amide bonds. The maximum Gasteiger partial charge on any atom is 0.387 e. The number of aromatic nitrogens is 1. The maximum atomic E-state index is 12.9. The van der Waals surface area contributed by atoms with Crippen molar-refractivity contribution in [1.82, 2.24) is 10.3 Å². The van der Waals surface area contributed by atoms with Crippen LogP contribution in [-0.2, 0) is 16.0 Å². The molecule has 2 aromatic rings. The topological polar surface area (TPSA) is 69.7 Å². The zero-order chi connectivity index (χ0) is 22.7. The van der Waals surface area contributed by atoms with Gasteiger partial charge in [0, 0.05) is 31.9 Å². The van der Waals surface area contributed by atoms with E-state index in [1.54, 1.807) is 12.1 Å². The number of nitrogens with one attached hydrogen (secondary N) is 1. The van der Waals surface area contributed by atoms with Crippen LogP contribution in [-0.4, -0.2) is 37.3 Å². The Morgan fingerprint density at radius 3 is 2.47 bits per heavy atom. The lowest BCUT2D eigenvalue weighted by molar-refractivity contribution is -0.156. The van der Waals surface area contributed by atoms with E-state index in [1.807, 2.05) is 0 Å². The van der Waals surface area contributed by atoms with E-state index in [0.717, 1.165) is 12.8 Å². The number of alkyl halides is 2. The number of pyridine rings is 1. The zero-order valence-corrected chi connectivity index (χ0v) is 18.5. The fourth-order valence-corrected chi connectivity index (χ4v) is 3.78. The average Bonchev–Trinajstić information content (AvgIpc) is 3.52. The molecule has 2 heterocycles. The molecule has 1 aliphatic heterocycles. The smallest absolute Gasteiger partial charge is 0.387 e. The molecule has 0 radical (unpaired) electrons. The lowest BCUT2D eigenvalue weighted by atomic mass is 10.00. The Hall–Kier alpha value is -2.16. The second kappa shape index (κ2) is 10.2. The third-order valence-electron chi connectivity index (χ3n) is 5.44. The van der Waals surface area contributed by atoms with Gasteiger partial charge in [-0.25, -0.2) is 0 Å². The van der Waals surface area contributed by atoms with Crippen LogP contribution in [0.25, 0.3) is 0 Å². The first-order chi connectivity index (χ1) is 15.4. The molecule has 1 atom stereocenters. The van der Waals surface area contributed by atoms with Crippen LogP contribution in [0.1, 0.15) is 30.1 Å². The highest BCUT2D eigenvalue weighted by Crippen LogP contribution is 2.38. The average molecular weight is 487 g/mol. The molecule has 2 aliphatic rings. The number of nitrogens with zero attached hydrogens (tertiary/aromatic N) is 1. The molecular weight excluding hydrogens is 465 g/mol. The Morgan fingerprint density at radius 1 is 1.16 bits per heavy atom. The summed E-state index contributed by atoms with van der Waals surface area (Å²) in [6, 6.07) is 4.53. The van der Waals surface area contributed by atoms with E-state index >= 15 is 0 Å². The molecule has 1 aromatic heterocycles. The number of esters is 1. The minimum Gasteiger partial charge on any atom is -0.489 e. The Bertz CT molecular complexity index is 951. The largest absolute Gasteiger partial charge is 0.489 e. The van der Waals surface area contributed by atoms with E-state index in [-0.39, 0.29) is 29.8 Å². The second-order valence-corrected chi connectivity index (χ2v) is 8.72. The molecule has 0 unspecified atom stereocenters. The number of hydrogen-bond donors (Lipinski definition) is 1. The monoisotopic (exact) mass is 486 g/mol. The first kappa shape index (κ1) is 23.0. The third-order valence-corrected chi connectivity index (χ3v) is 6.09. The van der Waals surface area contributed by atoms with Crippen LogP contribution in [0.2, 0.25) is 10.0 Å². The Labute approximate surface area is 194 Å². The minimum absolute atomic E-state index is 0.0716. The molecule has 1 aromatic carbocycles. The molecule has 6 nitrogen and oxygen atoms in total. The predicted molar refractivity (Wildman–Crippen MR) is 114 cm³/mol. The SMILES string of the molecule is O=C(O[C@@H](Cc1c(Cl)cncc1Cl)c1ccc(OC(F)F)c(OCC2CC2)c1)C1CNC1. The Kier molecular flexibility index (Phi) is 7.33. The van der Waals surface area contributed by atoms with E-state index in [9.17, 15) is 13.6 Å². The molecule has 1 aliphatic carbocycles. The lowest BCUT2D eigenvalue weighted by Crippen LogP contribution is -2.47. The van der Waals surface area contributed by atoms with Crippen LogP contribution in [0.15, 0.2) is 30.6 Å². The molecule has 0 bridgehead atoms. The first-order valence-corrected chi connectivity index (χ1v) is 11.1. The van der Waals surface area contributed by atoms with E-state index in [4.69, 9.17) is 32.7 Å². The van der Waals surface area contributed by atoms with Crippen LogP contribution in [0.5, 0.6) is 11.5 Å². The van der Waals surface area contributed by atoms with Crippen molar-refractivity contribution in [3.8, 4) is 11.5 Å².